The number of sulfonamides is 1. The Kier molecular flexibility index (Phi) is 12.3. The van der Waals surface area contributed by atoms with Crippen LogP contribution in [0.25, 0.3) is 0 Å². The van der Waals surface area contributed by atoms with E-state index in [0.29, 0.717) is 22.1 Å². The van der Waals surface area contributed by atoms with Gasteiger partial charge in [0, 0.05) is 30.1 Å². The van der Waals surface area contributed by atoms with Crippen LogP contribution in [0.15, 0.2) is 102 Å². The number of halogens is 1. The topological polar surface area (TPSA) is 114 Å². The van der Waals surface area contributed by atoms with Crippen LogP contribution in [0.5, 0.6) is 17.2 Å². The van der Waals surface area contributed by atoms with Crippen LogP contribution in [0, 0.1) is 0 Å². The molecule has 0 spiro atoms. The Hall–Kier alpha value is -4.74. The van der Waals surface area contributed by atoms with Gasteiger partial charge in [0.1, 0.15) is 18.3 Å². The fraction of sp³-hybridized carbons (Fsp3) is 0.278. The Morgan fingerprint density at radius 3 is 2.08 bits per heavy atom. The molecule has 0 aromatic heterocycles. The Labute approximate surface area is 287 Å². The minimum atomic E-state index is -4.37. The minimum absolute atomic E-state index is 0.00388. The molecule has 2 amide bonds. The molecule has 4 aromatic carbocycles. The largest absolute Gasteiger partial charge is 0.497 e. The number of anilines is 1. The summed E-state index contributed by atoms with van der Waals surface area (Å²) in [5.41, 5.74) is 1.73. The fourth-order valence-corrected chi connectivity index (χ4v) is 6.70. The second-order valence-corrected chi connectivity index (χ2v) is 13.5. The summed E-state index contributed by atoms with van der Waals surface area (Å²) in [5.74, 6) is 0.149. The van der Waals surface area contributed by atoms with Crippen molar-refractivity contribution in [3.05, 3.63) is 113 Å². The molecule has 1 unspecified atom stereocenters. The van der Waals surface area contributed by atoms with Crippen molar-refractivity contribution >= 4 is 39.1 Å². The zero-order valence-electron chi connectivity index (χ0n) is 27.6. The summed E-state index contributed by atoms with van der Waals surface area (Å²) in [6.07, 6.45) is 0.193. The first kappa shape index (κ1) is 36.1. The number of carbonyl (C=O) groups is 2. The van der Waals surface area contributed by atoms with E-state index in [1.54, 1.807) is 37.4 Å². The number of hydrogen-bond acceptors (Lipinski definition) is 7. The summed E-state index contributed by atoms with van der Waals surface area (Å²) in [5, 5.41) is 3.34. The van der Waals surface area contributed by atoms with Crippen molar-refractivity contribution < 1.29 is 32.2 Å². The van der Waals surface area contributed by atoms with Gasteiger partial charge >= 0.3 is 0 Å². The van der Waals surface area contributed by atoms with Gasteiger partial charge in [-0.15, -0.1) is 0 Å². The summed E-state index contributed by atoms with van der Waals surface area (Å²) in [6, 6.07) is 25.7. The van der Waals surface area contributed by atoms with E-state index in [1.165, 1.54) is 49.5 Å². The molecule has 1 N–H and O–H groups in total. The molecule has 254 valence electrons. The first-order chi connectivity index (χ1) is 23.0. The van der Waals surface area contributed by atoms with Crippen LogP contribution in [0.3, 0.4) is 0 Å². The highest BCUT2D eigenvalue weighted by atomic mass is 35.5. The first-order valence-corrected chi connectivity index (χ1v) is 17.1. The number of amides is 2. The van der Waals surface area contributed by atoms with Crippen LogP contribution < -0.4 is 23.8 Å². The van der Waals surface area contributed by atoms with Gasteiger partial charge in [0.15, 0.2) is 11.5 Å². The van der Waals surface area contributed by atoms with Gasteiger partial charge in [0.2, 0.25) is 11.8 Å². The van der Waals surface area contributed by atoms with Crippen molar-refractivity contribution in [3.8, 4) is 17.2 Å². The zero-order valence-corrected chi connectivity index (χ0v) is 29.1. The van der Waals surface area contributed by atoms with Gasteiger partial charge in [-0.1, -0.05) is 54.1 Å². The lowest BCUT2D eigenvalue weighted by Gasteiger charge is -2.34. The van der Waals surface area contributed by atoms with Crippen LogP contribution in [0.4, 0.5) is 5.69 Å². The second-order valence-electron chi connectivity index (χ2n) is 11.2. The van der Waals surface area contributed by atoms with Crippen LogP contribution in [0.1, 0.15) is 25.0 Å². The van der Waals surface area contributed by atoms with Crippen molar-refractivity contribution in [2.45, 2.75) is 43.8 Å². The number of benzene rings is 4. The van der Waals surface area contributed by atoms with Gasteiger partial charge in [0.05, 0.1) is 31.9 Å². The van der Waals surface area contributed by atoms with Crippen molar-refractivity contribution in [3.63, 3.8) is 0 Å². The number of nitrogens with one attached hydrogen (secondary N) is 1. The third kappa shape index (κ3) is 8.99. The highest BCUT2D eigenvalue weighted by Crippen LogP contribution is 2.33. The SMILES string of the molecule is COc1cccc(CN(C(=O)CN(c2ccc(Cl)cc2)S(=O)(=O)c2ccc(OC)c(OC)c2)C(Cc2ccccc2)C(=O)NC(C)C)c1. The predicted molar refractivity (Wildman–Crippen MR) is 186 cm³/mol. The van der Waals surface area contributed by atoms with Gasteiger partial charge in [-0.25, -0.2) is 8.42 Å². The maximum absolute atomic E-state index is 14.6. The molecule has 4 rings (SSSR count). The maximum Gasteiger partial charge on any atom is 0.264 e. The van der Waals surface area contributed by atoms with Gasteiger partial charge in [0.25, 0.3) is 10.0 Å². The molecule has 0 aliphatic rings. The average molecular weight is 694 g/mol. The summed E-state index contributed by atoms with van der Waals surface area (Å²) in [6.45, 7) is 3.06. The van der Waals surface area contributed by atoms with E-state index in [-0.39, 0.29) is 41.2 Å². The molecule has 0 heterocycles. The van der Waals surface area contributed by atoms with Crippen molar-refractivity contribution in [2.24, 2.45) is 0 Å². The molecule has 0 saturated heterocycles. The van der Waals surface area contributed by atoms with Crippen molar-refractivity contribution in [2.75, 3.05) is 32.2 Å². The lowest BCUT2D eigenvalue weighted by atomic mass is 10.0. The Morgan fingerprint density at radius 2 is 1.46 bits per heavy atom. The standard InChI is InChI=1S/C36H40ClN3O7S/c1-25(2)38-36(42)32(21-26-10-7-6-8-11-26)39(23-27-12-9-13-30(20-27)45-3)35(41)24-40(29-16-14-28(37)15-17-29)48(43,44)31-18-19-33(46-4)34(22-31)47-5/h6-20,22,25,32H,21,23-24H2,1-5H3,(H,38,42). The lowest BCUT2D eigenvalue weighted by molar-refractivity contribution is -0.140. The molecule has 0 bridgehead atoms. The normalized spacial score (nSPS) is 11.8. The molecule has 1 atom stereocenters. The third-order valence-corrected chi connectivity index (χ3v) is 9.55. The second kappa shape index (κ2) is 16.4. The van der Waals surface area contributed by atoms with E-state index in [0.717, 1.165) is 9.87 Å². The molecule has 4 aromatic rings. The van der Waals surface area contributed by atoms with Crippen LogP contribution in [0.2, 0.25) is 5.02 Å². The van der Waals surface area contributed by atoms with E-state index in [4.69, 9.17) is 25.8 Å². The maximum atomic E-state index is 14.6. The predicted octanol–water partition coefficient (Wildman–Crippen LogP) is 5.73. The molecular formula is C36H40ClN3O7S. The molecular weight excluding hydrogens is 654 g/mol. The van der Waals surface area contributed by atoms with Crippen LogP contribution in [-0.2, 0) is 32.6 Å². The Bertz CT molecular complexity index is 1800. The minimum Gasteiger partial charge on any atom is -0.497 e. The van der Waals surface area contributed by atoms with E-state index in [9.17, 15) is 18.0 Å². The van der Waals surface area contributed by atoms with E-state index in [2.05, 4.69) is 5.32 Å². The molecule has 0 aliphatic carbocycles. The number of ether oxygens (including phenoxy) is 3. The zero-order chi connectivity index (χ0) is 34.8. The Morgan fingerprint density at radius 1 is 0.792 bits per heavy atom. The van der Waals surface area contributed by atoms with E-state index in [1.807, 2.05) is 50.2 Å². The molecule has 0 saturated carbocycles. The summed E-state index contributed by atoms with van der Waals surface area (Å²) in [7, 11) is 0.0176. The molecule has 12 heteroatoms. The molecule has 0 aliphatic heterocycles. The molecule has 0 fully saturated rings. The number of nitrogens with zero attached hydrogens (tertiary/aromatic N) is 2. The Balaban J connectivity index is 1.83. The third-order valence-electron chi connectivity index (χ3n) is 7.53. The number of methoxy groups -OCH3 is 3. The number of rotatable bonds is 15. The number of hydrogen-bond donors (Lipinski definition) is 1. The number of carbonyl (C=O) groups excluding carboxylic acids is 2. The molecule has 48 heavy (non-hydrogen) atoms. The summed E-state index contributed by atoms with van der Waals surface area (Å²) in [4.78, 5) is 29.8. The summed E-state index contributed by atoms with van der Waals surface area (Å²) < 4.78 is 45.8. The van der Waals surface area contributed by atoms with Crippen LogP contribution >= 0.6 is 11.6 Å². The van der Waals surface area contributed by atoms with Crippen molar-refractivity contribution in [1.29, 1.82) is 0 Å². The summed E-state index contributed by atoms with van der Waals surface area (Å²) >= 11 is 6.16. The van der Waals surface area contributed by atoms with Gasteiger partial charge in [-0.2, -0.15) is 0 Å². The highest BCUT2D eigenvalue weighted by molar-refractivity contribution is 7.92. The molecule has 0 radical (unpaired) electrons. The van der Waals surface area contributed by atoms with Gasteiger partial charge in [-0.05, 0) is 73.5 Å². The van der Waals surface area contributed by atoms with Gasteiger partial charge in [-0.3, -0.25) is 13.9 Å². The van der Waals surface area contributed by atoms with E-state index < -0.39 is 28.5 Å². The monoisotopic (exact) mass is 693 g/mol. The molecule has 10 nitrogen and oxygen atoms in total. The van der Waals surface area contributed by atoms with Crippen LogP contribution in [-0.4, -0.2) is 65.1 Å². The highest BCUT2D eigenvalue weighted by Gasteiger charge is 2.35. The smallest absolute Gasteiger partial charge is 0.264 e. The van der Waals surface area contributed by atoms with E-state index >= 15 is 0 Å². The lowest BCUT2D eigenvalue weighted by Crippen LogP contribution is -2.54. The van der Waals surface area contributed by atoms with Crippen molar-refractivity contribution in [1.82, 2.24) is 10.2 Å². The fourth-order valence-electron chi connectivity index (χ4n) is 5.14. The first-order valence-electron chi connectivity index (χ1n) is 15.2. The quantitative estimate of drug-likeness (QED) is 0.169. The van der Waals surface area contributed by atoms with Gasteiger partial charge < -0.3 is 24.4 Å². The average Bonchev–Trinajstić information content (AvgIpc) is 3.08.